The van der Waals surface area contributed by atoms with Crippen LogP contribution in [0.5, 0.6) is 0 Å². The zero-order valence-electron chi connectivity index (χ0n) is 15.2. The van der Waals surface area contributed by atoms with Gasteiger partial charge in [0.15, 0.2) is 5.16 Å². The molecular formula is C18H24N6OS. The van der Waals surface area contributed by atoms with Gasteiger partial charge in [-0.25, -0.2) is 4.98 Å². The predicted molar refractivity (Wildman–Crippen MR) is 101 cm³/mol. The molecule has 8 heteroatoms. The van der Waals surface area contributed by atoms with Gasteiger partial charge in [-0.1, -0.05) is 17.8 Å². The quantitative estimate of drug-likeness (QED) is 0.643. The first kappa shape index (κ1) is 17.5. The van der Waals surface area contributed by atoms with Gasteiger partial charge >= 0.3 is 0 Å². The third-order valence-corrected chi connectivity index (χ3v) is 5.54. The van der Waals surface area contributed by atoms with E-state index in [4.69, 9.17) is 9.72 Å². The molecule has 1 fully saturated rings. The van der Waals surface area contributed by atoms with E-state index in [1.165, 1.54) is 5.56 Å². The normalized spacial score (nSPS) is 17.4. The maximum Gasteiger partial charge on any atom is 0.191 e. The average Bonchev–Trinajstić information content (AvgIpc) is 3.35. The maximum atomic E-state index is 5.81. The minimum absolute atomic E-state index is 0.263. The van der Waals surface area contributed by atoms with E-state index in [0.29, 0.717) is 6.54 Å². The Hall–Kier alpha value is -1.90. The monoisotopic (exact) mass is 372 g/mol. The van der Waals surface area contributed by atoms with E-state index in [-0.39, 0.29) is 6.10 Å². The van der Waals surface area contributed by atoms with Crippen LogP contribution in [0.25, 0.3) is 5.65 Å². The number of imidazole rings is 1. The third-order valence-electron chi connectivity index (χ3n) is 4.54. The van der Waals surface area contributed by atoms with Crippen LogP contribution >= 0.6 is 11.8 Å². The van der Waals surface area contributed by atoms with E-state index in [0.717, 1.165) is 54.1 Å². The Morgan fingerprint density at radius 3 is 3.04 bits per heavy atom. The summed E-state index contributed by atoms with van der Waals surface area (Å²) in [5.41, 5.74) is 3.24. The Morgan fingerprint density at radius 2 is 2.23 bits per heavy atom. The molecule has 1 atom stereocenters. The largest absolute Gasteiger partial charge is 0.376 e. The van der Waals surface area contributed by atoms with Gasteiger partial charge < -0.3 is 19.0 Å². The summed E-state index contributed by atoms with van der Waals surface area (Å²) >= 11 is 1.68. The highest BCUT2D eigenvalue weighted by Crippen LogP contribution is 2.24. The topological polar surface area (TPSA) is 69.3 Å². The summed E-state index contributed by atoms with van der Waals surface area (Å²) in [6.07, 6.45) is 6.69. The van der Waals surface area contributed by atoms with E-state index >= 15 is 0 Å². The third kappa shape index (κ3) is 3.77. The molecule has 138 valence electrons. The van der Waals surface area contributed by atoms with Gasteiger partial charge in [-0.2, -0.15) is 0 Å². The van der Waals surface area contributed by atoms with Crippen molar-refractivity contribution in [3.63, 3.8) is 0 Å². The van der Waals surface area contributed by atoms with E-state index < -0.39 is 0 Å². The summed E-state index contributed by atoms with van der Waals surface area (Å²) in [4.78, 5) is 4.69. The standard InChI is InChI=1S/C18H24N6OS/c1-13-5-6-16-20-14(10-23(16)9-13)12-26-18-22-21-17(8-19-2)24(18)11-15-4-3-7-25-15/h5-6,9-10,15,19H,3-4,7-8,11-12H2,1-2H3. The lowest BCUT2D eigenvalue weighted by molar-refractivity contribution is 0.0941. The highest BCUT2D eigenvalue weighted by atomic mass is 32.2. The summed E-state index contributed by atoms with van der Waals surface area (Å²) in [5, 5.41) is 12.9. The first-order valence-electron chi connectivity index (χ1n) is 8.98. The number of hydrogen-bond acceptors (Lipinski definition) is 6. The number of hydrogen-bond donors (Lipinski definition) is 1. The molecule has 3 aromatic heterocycles. The van der Waals surface area contributed by atoms with E-state index in [1.54, 1.807) is 11.8 Å². The van der Waals surface area contributed by atoms with Crippen molar-refractivity contribution in [1.29, 1.82) is 0 Å². The molecule has 26 heavy (non-hydrogen) atoms. The molecule has 1 aliphatic heterocycles. The summed E-state index contributed by atoms with van der Waals surface area (Å²) in [5.74, 6) is 1.72. The Morgan fingerprint density at radius 1 is 1.31 bits per heavy atom. The summed E-state index contributed by atoms with van der Waals surface area (Å²) in [6, 6.07) is 4.13. The smallest absolute Gasteiger partial charge is 0.191 e. The fourth-order valence-electron chi connectivity index (χ4n) is 3.25. The molecule has 1 N–H and O–H groups in total. The van der Waals surface area contributed by atoms with Crippen molar-refractivity contribution in [1.82, 2.24) is 29.5 Å². The van der Waals surface area contributed by atoms with Crippen molar-refractivity contribution in [2.24, 2.45) is 0 Å². The second-order valence-corrected chi connectivity index (χ2v) is 7.61. The van der Waals surface area contributed by atoms with Crippen LogP contribution in [0.15, 0.2) is 29.7 Å². The van der Waals surface area contributed by atoms with Crippen LogP contribution in [-0.4, -0.2) is 43.9 Å². The van der Waals surface area contributed by atoms with Crippen molar-refractivity contribution < 1.29 is 4.74 Å². The lowest BCUT2D eigenvalue weighted by Crippen LogP contribution is -2.20. The first-order valence-corrected chi connectivity index (χ1v) is 9.97. The molecule has 4 heterocycles. The van der Waals surface area contributed by atoms with Crippen LogP contribution in [0.4, 0.5) is 0 Å². The minimum atomic E-state index is 0.263. The highest BCUT2D eigenvalue weighted by molar-refractivity contribution is 7.98. The fraction of sp³-hybridized carbons (Fsp3) is 0.500. The van der Waals surface area contributed by atoms with Crippen LogP contribution < -0.4 is 5.32 Å². The van der Waals surface area contributed by atoms with Crippen LogP contribution in [0, 0.1) is 6.92 Å². The molecule has 0 spiro atoms. The summed E-state index contributed by atoms with van der Waals surface area (Å²) < 4.78 is 10.1. The van der Waals surface area contributed by atoms with Gasteiger partial charge in [0.1, 0.15) is 11.5 Å². The Balaban J connectivity index is 1.50. The molecule has 0 aliphatic carbocycles. The molecule has 0 amide bonds. The lowest BCUT2D eigenvalue weighted by Gasteiger charge is -2.14. The molecular weight excluding hydrogens is 348 g/mol. The zero-order chi connectivity index (χ0) is 17.9. The maximum absolute atomic E-state index is 5.81. The number of thioether (sulfide) groups is 1. The van der Waals surface area contributed by atoms with Crippen LogP contribution in [-0.2, 0) is 23.6 Å². The van der Waals surface area contributed by atoms with Crippen molar-refractivity contribution in [2.45, 2.75) is 49.9 Å². The molecule has 0 aromatic carbocycles. The Labute approximate surface area is 157 Å². The molecule has 1 unspecified atom stereocenters. The van der Waals surface area contributed by atoms with E-state index in [2.05, 4.69) is 55.9 Å². The van der Waals surface area contributed by atoms with Gasteiger partial charge in [-0.3, -0.25) is 0 Å². The molecule has 1 saturated heterocycles. The van der Waals surface area contributed by atoms with E-state index in [9.17, 15) is 0 Å². The molecule has 0 saturated carbocycles. The van der Waals surface area contributed by atoms with Gasteiger partial charge in [-0.15, -0.1) is 10.2 Å². The van der Waals surface area contributed by atoms with Crippen molar-refractivity contribution in [3.05, 3.63) is 41.6 Å². The molecule has 3 aromatic rings. The minimum Gasteiger partial charge on any atom is -0.376 e. The number of aromatic nitrogens is 5. The van der Waals surface area contributed by atoms with Crippen molar-refractivity contribution in [3.8, 4) is 0 Å². The van der Waals surface area contributed by atoms with Gasteiger partial charge in [0.25, 0.3) is 0 Å². The number of pyridine rings is 1. The highest BCUT2D eigenvalue weighted by Gasteiger charge is 2.21. The second kappa shape index (κ2) is 7.77. The van der Waals surface area contributed by atoms with Gasteiger partial charge in [0.05, 0.1) is 24.9 Å². The number of aryl methyl sites for hydroxylation is 1. The number of nitrogens with zero attached hydrogens (tertiary/aromatic N) is 5. The van der Waals surface area contributed by atoms with Crippen LogP contribution in [0.3, 0.4) is 0 Å². The second-order valence-electron chi connectivity index (χ2n) is 6.67. The number of ether oxygens (including phenoxy) is 1. The number of rotatable bonds is 7. The van der Waals surface area contributed by atoms with Crippen molar-refractivity contribution >= 4 is 17.4 Å². The van der Waals surface area contributed by atoms with Gasteiger partial charge in [0, 0.05) is 24.8 Å². The fourth-order valence-corrected chi connectivity index (χ4v) is 4.10. The SMILES string of the molecule is CNCc1nnc(SCc2cn3cc(C)ccc3n2)n1CC1CCCO1. The molecule has 4 rings (SSSR count). The van der Waals surface area contributed by atoms with Gasteiger partial charge in [-0.05, 0) is 38.4 Å². The van der Waals surface area contributed by atoms with Crippen LogP contribution in [0.2, 0.25) is 0 Å². The van der Waals surface area contributed by atoms with E-state index in [1.807, 2.05) is 7.05 Å². The molecule has 0 radical (unpaired) electrons. The first-order chi connectivity index (χ1) is 12.7. The average molecular weight is 372 g/mol. The zero-order valence-corrected chi connectivity index (χ0v) is 16.0. The molecule has 1 aliphatic rings. The van der Waals surface area contributed by atoms with Crippen LogP contribution in [0.1, 0.15) is 29.9 Å². The lowest BCUT2D eigenvalue weighted by atomic mass is 10.2. The number of nitrogens with one attached hydrogen (secondary N) is 1. The Bertz CT molecular complexity index is 883. The molecule has 7 nitrogen and oxygen atoms in total. The summed E-state index contributed by atoms with van der Waals surface area (Å²) in [7, 11) is 1.93. The predicted octanol–water partition coefficient (Wildman–Crippen LogP) is 2.42. The van der Waals surface area contributed by atoms with Gasteiger partial charge in [0.2, 0.25) is 0 Å². The van der Waals surface area contributed by atoms with Crippen molar-refractivity contribution in [2.75, 3.05) is 13.7 Å². The Kier molecular flexibility index (Phi) is 5.23. The summed E-state index contributed by atoms with van der Waals surface area (Å²) in [6.45, 7) is 4.46. The molecule has 0 bridgehead atoms. The number of fused-ring (bicyclic) bond motifs is 1.